The van der Waals surface area contributed by atoms with Crippen LogP contribution >= 0.6 is 27.7 Å². The molecule has 1 aliphatic rings. The van der Waals surface area contributed by atoms with Gasteiger partial charge in [0.05, 0.1) is 12.0 Å². The van der Waals surface area contributed by atoms with E-state index in [9.17, 15) is 18.8 Å². The molecule has 0 bridgehead atoms. The largest absolute Gasteiger partial charge is 0.488 e. The Hall–Kier alpha value is -2.65. The Morgan fingerprint density at radius 3 is 2.76 bits per heavy atom. The van der Waals surface area contributed by atoms with Gasteiger partial charge in [0.25, 0.3) is 11.1 Å². The van der Waals surface area contributed by atoms with Crippen LogP contribution in [-0.4, -0.2) is 35.7 Å². The number of nitrogens with zero attached hydrogens (tertiary/aromatic N) is 1. The average Bonchev–Trinajstić information content (AvgIpc) is 2.94. The van der Waals surface area contributed by atoms with Crippen molar-refractivity contribution in [2.75, 3.05) is 13.7 Å². The van der Waals surface area contributed by atoms with Crippen LogP contribution in [-0.2, 0) is 20.9 Å². The molecule has 150 valence electrons. The summed E-state index contributed by atoms with van der Waals surface area (Å²) in [6.45, 7) is -0.316. The molecule has 0 N–H and O–H groups in total. The fourth-order valence-electron chi connectivity index (χ4n) is 2.52. The van der Waals surface area contributed by atoms with Gasteiger partial charge in [-0.05, 0) is 53.7 Å². The van der Waals surface area contributed by atoms with Gasteiger partial charge in [0, 0.05) is 10.0 Å². The van der Waals surface area contributed by atoms with E-state index >= 15 is 0 Å². The molecule has 0 aliphatic carbocycles. The molecule has 29 heavy (non-hydrogen) atoms. The molecule has 3 rings (SSSR count). The van der Waals surface area contributed by atoms with Crippen LogP contribution in [0.25, 0.3) is 6.08 Å². The highest BCUT2D eigenvalue weighted by atomic mass is 79.9. The number of thioether (sulfide) groups is 1. The number of rotatable bonds is 6. The van der Waals surface area contributed by atoms with Gasteiger partial charge < -0.3 is 9.47 Å². The fraction of sp³-hybridized carbons (Fsp3) is 0.150. The highest BCUT2D eigenvalue weighted by Gasteiger charge is 2.36. The SMILES string of the molecule is COC(=O)CN1C(=O)SC(=Cc2cc(Br)ccc2OCc2cccc(F)c2)C1=O. The lowest BCUT2D eigenvalue weighted by Gasteiger charge is -2.11. The van der Waals surface area contributed by atoms with E-state index in [1.165, 1.54) is 25.3 Å². The van der Waals surface area contributed by atoms with Crippen molar-refractivity contribution in [3.05, 3.63) is 68.8 Å². The number of amides is 2. The summed E-state index contributed by atoms with van der Waals surface area (Å²) in [7, 11) is 1.18. The van der Waals surface area contributed by atoms with Crippen molar-refractivity contribution in [3.63, 3.8) is 0 Å². The smallest absolute Gasteiger partial charge is 0.325 e. The predicted octanol–water partition coefficient (Wildman–Crippen LogP) is 4.38. The quantitative estimate of drug-likeness (QED) is 0.452. The molecule has 6 nitrogen and oxygen atoms in total. The van der Waals surface area contributed by atoms with Gasteiger partial charge >= 0.3 is 5.97 Å². The van der Waals surface area contributed by atoms with Crippen LogP contribution < -0.4 is 4.74 Å². The van der Waals surface area contributed by atoms with Gasteiger partial charge in [-0.2, -0.15) is 0 Å². The Balaban J connectivity index is 1.83. The van der Waals surface area contributed by atoms with E-state index in [0.29, 0.717) is 16.9 Å². The van der Waals surface area contributed by atoms with Crippen LogP contribution in [0.15, 0.2) is 51.8 Å². The Labute approximate surface area is 178 Å². The Morgan fingerprint density at radius 2 is 2.03 bits per heavy atom. The number of methoxy groups -OCH3 is 1. The zero-order valence-electron chi connectivity index (χ0n) is 15.2. The van der Waals surface area contributed by atoms with Crippen molar-refractivity contribution in [3.8, 4) is 5.75 Å². The molecule has 1 heterocycles. The summed E-state index contributed by atoms with van der Waals surface area (Å²) in [4.78, 5) is 37.0. The maximum atomic E-state index is 13.3. The van der Waals surface area contributed by atoms with E-state index in [4.69, 9.17) is 4.74 Å². The highest BCUT2D eigenvalue weighted by molar-refractivity contribution is 9.10. The number of benzene rings is 2. The molecule has 1 fully saturated rings. The van der Waals surface area contributed by atoms with Crippen LogP contribution in [0.4, 0.5) is 9.18 Å². The predicted molar refractivity (Wildman–Crippen MR) is 110 cm³/mol. The summed E-state index contributed by atoms with van der Waals surface area (Å²) in [5.41, 5.74) is 1.21. The first-order valence-electron chi connectivity index (χ1n) is 8.36. The lowest BCUT2D eigenvalue weighted by molar-refractivity contribution is -0.143. The van der Waals surface area contributed by atoms with Crippen molar-refractivity contribution in [2.24, 2.45) is 0 Å². The monoisotopic (exact) mass is 479 g/mol. The molecular weight excluding hydrogens is 465 g/mol. The van der Waals surface area contributed by atoms with Crippen LogP contribution in [0.1, 0.15) is 11.1 Å². The van der Waals surface area contributed by atoms with Crippen LogP contribution in [0, 0.1) is 5.82 Å². The number of hydrogen-bond donors (Lipinski definition) is 0. The molecule has 0 atom stereocenters. The van der Waals surface area contributed by atoms with E-state index in [-0.39, 0.29) is 17.3 Å². The molecule has 1 aliphatic heterocycles. The molecule has 0 radical (unpaired) electrons. The first-order valence-corrected chi connectivity index (χ1v) is 9.97. The molecule has 9 heteroatoms. The van der Waals surface area contributed by atoms with Crippen LogP contribution in [0.2, 0.25) is 0 Å². The number of halogens is 2. The summed E-state index contributed by atoms with van der Waals surface area (Å²) < 4.78 is 24.4. The van der Waals surface area contributed by atoms with Crippen molar-refractivity contribution in [2.45, 2.75) is 6.61 Å². The second-order valence-corrected chi connectivity index (χ2v) is 7.85. The van der Waals surface area contributed by atoms with Gasteiger partial charge in [0.15, 0.2) is 0 Å². The molecule has 2 aromatic rings. The summed E-state index contributed by atoms with van der Waals surface area (Å²) in [6, 6.07) is 11.2. The third kappa shape index (κ3) is 5.24. The normalized spacial score (nSPS) is 15.1. The molecule has 0 unspecified atom stereocenters. The zero-order valence-corrected chi connectivity index (χ0v) is 17.6. The van der Waals surface area contributed by atoms with Crippen molar-refractivity contribution in [1.82, 2.24) is 4.90 Å². The zero-order chi connectivity index (χ0) is 21.0. The van der Waals surface area contributed by atoms with Gasteiger partial charge in [0.2, 0.25) is 0 Å². The molecule has 0 saturated carbocycles. The summed E-state index contributed by atoms with van der Waals surface area (Å²) in [5.74, 6) is -1.17. The Bertz CT molecular complexity index is 1010. The van der Waals surface area contributed by atoms with E-state index < -0.39 is 23.7 Å². The summed E-state index contributed by atoms with van der Waals surface area (Å²) in [6.07, 6.45) is 1.52. The molecule has 2 amide bonds. The maximum Gasteiger partial charge on any atom is 0.325 e. The third-order valence-electron chi connectivity index (χ3n) is 3.93. The molecule has 2 aromatic carbocycles. The fourth-order valence-corrected chi connectivity index (χ4v) is 3.73. The molecule has 0 spiro atoms. The van der Waals surface area contributed by atoms with E-state index in [0.717, 1.165) is 21.1 Å². The van der Waals surface area contributed by atoms with E-state index in [1.54, 1.807) is 30.3 Å². The maximum absolute atomic E-state index is 13.3. The number of ether oxygens (including phenoxy) is 2. The van der Waals surface area contributed by atoms with E-state index in [1.807, 2.05) is 0 Å². The van der Waals surface area contributed by atoms with Gasteiger partial charge in [-0.1, -0.05) is 28.1 Å². The number of carbonyl (C=O) groups excluding carboxylic acids is 3. The minimum Gasteiger partial charge on any atom is -0.488 e. The van der Waals surface area contributed by atoms with Gasteiger partial charge in [-0.15, -0.1) is 0 Å². The number of imide groups is 1. The lowest BCUT2D eigenvalue weighted by Crippen LogP contribution is -2.34. The highest BCUT2D eigenvalue weighted by Crippen LogP contribution is 2.35. The molecule has 1 saturated heterocycles. The van der Waals surface area contributed by atoms with Gasteiger partial charge in [-0.3, -0.25) is 19.3 Å². The topological polar surface area (TPSA) is 72.9 Å². The number of carbonyl (C=O) groups is 3. The summed E-state index contributed by atoms with van der Waals surface area (Å²) >= 11 is 4.10. The lowest BCUT2D eigenvalue weighted by atomic mass is 10.1. The Kier molecular flexibility index (Phi) is 6.71. The second-order valence-electron chi connectivity index (χ2n) is 5.94. The number of esters is 1. The van der Waals surface area contributed by atoms with Gasteiger partial charge in [0.1, 0.15) is 24.7 Å². The minimum absolute atomic E-state index is 0.129. The summed E-state index contributed by atoms with van der Waals surface area (Å²) in [5, 5.41) is -0.552. The first-order chi connectivity index (χ1) is 13.9. The van der Waals surface area contributed by atoms with E-state index in [2.05, 4.69) is 20.7 Å². The van der Waals surface area contributed by atoms with Crippen LogP contribution in [0.3, 0.4) is 0 Å². The second kappa shape index (κ2) is 9.23. The average molecular weight is 480 g/mol. The van der Waals surface area contributed by atoms with Crippen molar-refractivity contribution < 1.29 is 28.2 Å². The first kappa shape index (κ1) is 21.1. The molecule has 0 aromatic heterocycles. The van der Waals surface area contributed by atoms with Crippen LogP contribution in [0.5, 0.6) is 5.75 Å². The van der Waals surface area contributed by atoms with Crippen molar-refractivity contribution >= 4 is 50.9 Å². The van der Waals surface area contributed by atoms with Crippen molar-refractivity contribution in [1.29, 1.82) is 0 Å². The Morgan fingerprint density at radius 1 is 1.24 bits per heavy atom. The molecular formula is C20H15BrFNO5S. The van der Waals surface area contributed by atoms with Gasteiger partial charge in [-0.25, -0.2) is 4.39 Å². The number of hydrogen-bond acceptors (Lipinski definition) is 6. The standard InChI is InChI=1S/C20H15BrFNO5S/c1-27-18(24)10-23-19(25)17(29-20(23)26)9-13-8-14(21)5-6-16(13)28-11-12-3-2-4-15(22)7-12/h2-9H,10-11H2,1H3. The third-order valence-corrected chi connectivity index (χ3v) is 5.33. The minimum atomic E-state index is -0.685.